The molecule has 2 aliphatic rings. The van der Waals surface area contributed by atoms with Crippen molar-refractivity contribution in [3.63, 3.8) is 0 Å². The first-order chi connectivity index (χ1) is 8.24. The standard InChI is InChI=1S/C13H14BrNO2/c14-13(8-2-1-3-8)9-4-5-11-10(6-9)15-12(16)7-17-11/h4-6,8,13H,1-3,7H2,(H,15,16). The van der Waals surface area contributed by atoms with Gasteiger partial charge in [-0.15, -0.1) is 0 Å². The fraction of sp³-hybridized carbons (Fsp3) is 0.462. The summed E-state index contributed by atoms with van der Waals surface area (Å²) in [5.41, 5.74) is 2.02. The predicted octanol–water partition coefficient (Wildman–Crippen LogP) is 3.25. The van der Waals surface area contributed by atoms with Crippen LogP contribution in [0.3, 0.4) is 0 Å². The molecular formula is C13H14BrNO2. The minimum atomic E-state index is -0.0792. The zero-order valence-corrected chi connectivity index (χ0v) is 11.0. The molecule has 1 heterocycles. The number of fused-ring (bicyclic) bond motifs is 1. The molecule has 17 heavy (non-hydrogen) atoms. The largest absolute Gasteiger partial charge is 0.482 e. The Morgan fingerprint density at radius 2 is 2.24 bits per heavy atom. The molecule has 1 aromatic rings. The maximum Gasteiger partial charge on any atom is 0.262 e. The van der Waals surface area contributed by atoms with Gasteiger partial charge >= 0.3 is 0 Å². The van der Waals surface area contributed by atoms with Gasteiger partial charge in [0.1, 0.15) is 5.75 Å². The molecule has 4 heteroatoms. The van der Waals surface area contributed by atoms with E-state index in [1.807, 2.05) is 12.1 Å². The van der Waals surface area contributed by atoms with Gasteiger partial charge in [-0.1, -0.05) is 28.4 Å². The number of carbonyl (C=O) groups excluding carboxylic acids is 1. The number of benzene rings is 1. The van der Waals surface area contributed by atoms with Crippen molar-refractivity contribution >= 4 is 27.5 Å². The van der Waals surface area contributed by atoms with Crippen molar-refractivity contribution in [3.8, 4) is 5.75 Å². The van der Waals surface area contributed by atoms with Crippen molar-refractivity contribution in [2.75, 3.05) is 11.9 Å². The fourth-order valence-electron chi connectivity index (χ4n) is 2.28. The molecule has 3 nitrogen and oxygen atoms in total. The maximum absolute atomic E-state index is 11.3. The molecule has 0 spiro atoms. The van der Waals surface area contributed by atoms with Crippen LogP contribution in [0.25, 0.3) is 0 Å². The molecule has 1 saturated carbocycles. The number of nitrogens with one attached hydrogen (secondary N) is 1. The fourth-order valence-corrected chi connectivity index (χ4v) is 3.09. The molecule has 1 unspecified atom stereocenters. The van der Waals surface area contributed by atoms with Gasteiger partial charge in [-0.05, 0) is 36.5 Å². The van der Waals surface area contributed by atoms with Gasteiger partial charge in [0, 0.05) is 4.83 Å². The number of hydrogen-bond acceptors (Lipinski definition) is 2. The van der Waals surface area contributed by atoms with Crippen molar-refractivity contribution in [1.82, 2.24) is 0 Å². The summed E-state index contributed by atoms with van der Waals surface area (Å²) in [5.74, 6) is 1.42. The molecule has 1 aliphatic carbocycles. The van der Waals surface area contributed by atoms with Gasteiger partial charge < -0.3 is 10.1 Å². The number of ether oxygens (including phenoxy) is 1. The molecule has 1 N–H and O–H groups in total. The molecule has 1 aliphatic heterocycles. The second-order valence-corrected chi connectivity index (χ2v) is 5.67. The highest BCUT2D eigenvalue weighted by atomic mass is 79.9. The van der Waals surface area contributed by atoms with E-state index in [0.717, 1.165) is 17.4 Å². The number of alkyl halides is 1. The Balaban J connectivity index is 1.86. The van der Waals surface area contributed by atoms with E-state index in [0.29, 0.717) is 4.83 Å². The van der Waals surface area contributed by atoms with E-state index < -0.39 is 0 Å². The molecule has 3 rings (SSSR count). The molecule has 0 saturated heterocycles. The number of halogens is 1. The molecule has 0 bridgehead atoms. The lowest BCUT2D eigenvalue weighted by Crippen LogP contribution is -2.25. The topological polar surface area (TPSA) is 38.3 Å². The van der Waals surface area contributed by atoms with Gasteiger partial charge in [-0.2, -0.15) is 0 Å². The summed E-state index contributed by atoms with van der Waals surface area (Å²) in [4.78, 5) is 11.6. The lowest BCUT2D eigenvalue weighted by atomic mass is 9.81. The molecule has 1 aromatic carbocycles. The quantitative estimate of drug-likeness (QED) is 0.851. The first kappa shape index (κ1) is 11.1. The van der Waals surface area contributed by atoms with Crippen molar-refractivity contribution in [1.29, 1.82) is 0 Å². The third-order valence-electron chi connectivity index (χ3n) is 3.52. The smallest absolute Gasteiger partial charge is 0.262 e. The number of amides is 1. The van der Waals surface area contributed by atoms with Gasteiger partial charge in [-0.25, -0.2) is 0 Å². The number of rotatable bonds is 2. The van der Waals surface area contributed by atoms with E-state index in [1.165, 1.54) is 24.8 Å². The zero-order valence-electron chi connectivity index (χ0n) is 9.41. The van der Waals surface area contributed by atoms with Crippen LogP contribution in [-0.2, 0) is 4.79 Å². The van der Waals surface area contributed by atoms with Gasteiger partial charge in [0.15, 0.2) is 6.61 Å². The number of hydrogen-bond donors (Lipinski definition) is 1. The van der Waals surface area contributed by atoms with Gasteiger partial charge in [-0.3, -0.25) is 4.79 Å². The van der Waals surface area contributed by atoms with Crippen LogP contribution in [0.2, 0.25) is 0 Å². The van der Waals surface area contributed by atoms with Crippen LogP contribution in [0.4, 0.5) is 5.69 Å². The van der Waals surface area contributed by atoms with Crippen molar-refractivity contribution in [2.24, 2.45) is 5.92 Å². The summed E-state index contributed by atoms with van der Waals surface area (Å²) in [6.45, 7) is 0.118. The van der Waals surface area contributed by atoms with Crippen LogP contribution in [0.1, 0.15) is 29.7 Å². The average Bonchev–Trinajstić information content (AvgIpc) is 2.25. The first-order valence-corrected chi connectivity index (χ1v) is 6.86. The molecule has 0 aromatic heterocycles. The minimum absolute atomic E-state index is 0.0792. The average molecular weight is 296 g/mol. The highest BCUT2D eigenvalue weighted by molar-refractivity contribution is 9.09. The van der Waals surface area contributed by atoms with Crippen molar-refractivity contribution in [2.45, 2.75) is 24.1 Å². The third kappa shape index (κ3) is 2.06. The Morgan fingerprint density at radius 3 is 2.94 bits per heavy atom. The first-order valence-electron chi connectivity index (χ1n) is 5.95. The van der Waals surface area contributed by atoms with Gasteiger partial charge in [0.05, 0.1) is 5.69 Å². The van der Waals surface area contributed by atoms with E-state index in [4.69, 9.17) is 4.74 Å². The van der Waals surface area contributed by atoms with Crippen LogP contribution in [-0.4, -0.2) is 12.5 Å². The maximum atomic E-state index is 11.3. The molecule has 1 atom stereocenters. The zero-order chi connectivity index (χ0) is 11.8. The van der Waals surface area contributed by atoms with Crippen LogP contribution in [0.15, 0.2) is 18.2 Å². The van der Waals surface area contributed by atoms with Crippen LogP contribution in [0, 0.1) is 5.92 Å². The lowest BCUT2D eigenvalue weighted by Gasteiger charge is -2.31. The third-order valence-corrected chi connectivity index (χ3v) is 4.79. The van der Waals surface area contributed by atoms with Crippen LogP contribution < -0.4 is 10.1 Å². The minimum Gasteiger partial charge on any atom is -0.482 e. The Bertz CT molecular complexity index is 457. The highest BCUT2D eigenvalue weighted by Gasteiger charge is 2.27. The molecule has 90 valence electrons. The Kier molecular flexibility index (Phi) is 2.82. The van der Waals surface area contributed by atoms with Crippen LogP contribution in [0.5, 0.6) is 5.75 Å². The van der Waals surface area contributed by atoms with Crippen molar-refractivity contribution < 1.29 is 9.53 Å². The van der Waals surface area contributed by atoms with Gasteiger partial charge in [0.25, 0.3) is 5.91 Å². The van der Waals surface area contributed by atoms with E-state index >= 15 is 0 Å². The van der Waals surface area contributed by atoms with Crippen LogP contribution >= 0.6 is 15.9 Å². The highest BCUT2D eigenvalue weighted by Crippen LogP contribution is 2.44. The molecule has 1 amide bonds. The molecule has 1 fully saturated rings. The summed E-state index contributed by atoms with van der Waals surface area (Å²) in [5, 5.41) is 2.85. The summed E-state index contributed by atoms with van der Waals surface area (Å²) in [6, 6.07) is 6.04. The number of carbonyl (C=O) groups is 1. The summed E-state index contributed by atoms with van der Waals surface area (Å²) < 4.78 is 5.34. The normalized spacial score (nSPS) is 20.9. The predicted molar refractivity (Wildman–Crippen MR) is 69.6 cm³/mol. The summed E-state index contributed by atoms with van der Waals surface area (Å²) >= 11 is 3.75. The van der Waals surface area contributed by atoms with E-state index in [1.54, 1.807) is 0 Å². The SMILES string of the molecule is O=C1COc2ccc(C(Br)C3CCC3)cc2N1. The number of anilines is 1. The second-order valence-electron chi connectivity index (χ2n) is 4.69. The Labute approximate surface area is 109 Å². The lowest BCUT2D eigenvalue weighted by molar-refractivity contribution is -0.118. The second kappa shape index (κ2) is 4.33. The molecular weight excluding hydrogens is 282 g/mol. The van der Waals surface area contributed by atoms with Gasteiger partial charge in [0.2, 0.25) is 0 Å². The molecule has 0 radical (unpaired) electrons. The van der Waals surface area contributed by atoms with Crippen molar-refractivity contribution in [3.05, 3.63) is 23.8 Å². The van der Waals surface area contributed by atoms with E-state index in [9.17, 15) is 4.79 Å². The Hall–Kier alpha value is -1.03. The monoisotopic (exact) mass is 295 g/mol. The Morgan fingerprint density at radius 1 is 1.41 bits per heavy atom. The van der Waals surface area contributed by atoms with E-state index in [2.05, 4.69) is 27.3 Å². The van der Waals surface area contributed by atoms with E-state index in [-0.39, 0.29) is 12.5 Å². The summed E-state index contributed by atoms with van der Waals surface area (Å²) in [6.07, 6.45) is 3.91. The summed E-state index contributed by atoms with van der Waals surface area (Å²) in [7, 11) is 0.